The van der Waals surface area contributed by atoms with E-state index in [0.29, 0.717) is 11.7 Å². The number of carbonyl (C=O) groups is 1. The molecule has 0 spiro atoms. The summed E-state index contributed by atoms with van der Waals surface area (Å²) in [5, 5.41) is 9.11. The zero-order valence-electron chi connectivity index (χ0n) is 9.82. The van der Waals surface area contributed by atoms with E-state index in [-0.39, 0.29) is 5.56 Å². The maximum atomic E-state index is 13.1. The van der Waals surface area contributed by atoms with Crippen LogP contribution in [0.4, 0.5) is 10.1 Å². The molecule has 92 valence electrons. The number of carboxylic acids is 1. The molecule has 2 rings (SSSR count). The molecule has 0 aromatic heterocycles. The maximum absolute atomic E-state index is 13.1. The number of anilines is 1. The first-order valence-electron chi connectivity index (χ1n) is 5.89. The molecule has 1 N–H and O–H groups in total. The van der Waals surface area contributed by atoms with Crippen molar-refractivity contribution in [2.75, 3.05) is 11.4 Å². The van der Waals surface area contributed by atoms with E-state index < -0.39 is 11.8 Å². The van der Waals surface area contributed by atoms with Gasteiger partial charge in [-0.25, -0.2) is 9.18 Å². The maximum Gasteiger partial charge on any atom is 0.337 e. The van der Waals surface area contributed by atoms with Gasteiger partial charge in [0.15, 0.2) is 0 Å². The van der Waals surface area contributed by atoms with Gasteiger partial charge in [-0.15, -0.1) is 0 Å². The highest BCUT2D eigenvalue weighted by molar-refractivity contribution is 5.94. The third-order valence-corrected chi connectivity index (χ3v) is 3.30. The number of benzene rings is 1. The van der Waals surface area contributed by atoms with Crippen molar-refractivity contribution in [2.24, 2.45) is 0 Å². The fraction of sp³-hybridized carbons (Fsp3) is 0.462. The van der Waals surface area contributed by atoms with Crippen LogP contribution in [-0.4, -0.2) is 23.7 Å². The highest BCUT2D eigenvalue weighted by Gasteiger charge is 2.23. The van der Waals surface area contributed by atoms with Gasteiger partial charge in [0.25, 0.3) is 0 Å². The standard InChI is InChI=1S/C13H16FNO2/c1-9-4-2-3-7-15(9)12-6-5-10(14)8-11(12)13(16)17/h5-6,8-9H,2-4,7H2,1H3,(H,16,17). The molecule has 0 radical (unpaired) electrons. The molecule has 17 heavy (non-hydrogen) atoms. The number of halogens is 1. The summed E-state index contributed by atoms with van der Waals surface area (Å²) in [5.41, 5.74) is 0.685. The van der Waals surface area contributed by atoms with Crippen molar-refractivity contribution in [1.82, 2.24) is 0 Å². The Balaban J connectivity index is 2.39. The molecule has 4 heteroatoms. The molecule has 0 bridgehead atoms. The topological polar surface area (TPSA) is 40.5 Å². The molecule has 1 atom stereocenters. The van der Waals surface area contributed by atoms with Gasteiger partial charge in [0, 0.05) is 12.6 Å². The van der Waals surface area contributed by atoms with Gasteiger partial charge in [0.1, 0.15) is 5.82 Å². The summed E-state index contributed by atoms with van der Waals surface area (Å²) in [6.45, 7) is 2.92. The fourth-order valence-electron chi connectivity index (χ4n) is 2.39. The van der Waals surface area contributed by atoms with Gasteiger partial charge >= 0.3 is 5.97 Å². The molecule has 1 aliphatic rings. The van der Waals surface area contributed by atoms with Crippen LogP contribution in [0.15, 0.2) is 18.2 Å². The SMILES string of the molecule is CC1CCCCN1c1ccc(F)cc1C(=O)O. The summed E-state index contributed by atoms with van der Waals surface area (Å²) in [7, 11) is 0. The van der Waals surface area contributed by atoms with Crippen molar-refractivity contribution in [3.63, 3.8) is 0 Å². The van der Waals surface area contributed by atoms with E-state index in [2.05, 4.69) is 11.8 Å². The summed E-state index contributed by atoms with van der Waals surface area (Å²) in [5.74, 6) is -1.58. The predicted molar refractivity (Wildman–Crippen MR) is 64.0 cm³/mol. The Morgan fingerprint density at radius 3 is 2.88 bits per heavy atom. The van der Waals surface area contributed by atoms with Crippen LogP contribution in [0.1, 0.15) is 36.5 Å². The Hall–Kier alpha value is -1.58. The first-order chi connectivity index (χ1) is 8.09. The summed E-state index contributed by atoms with van der Waals surface area (Å²) in [6, 6.07) is 4.30. The van der Waals surface area contributed by atoms with E-state index in [1.807, 2.05) is 0 Å². The van der Waals surface area contributed by atoms with Crippen LogP contribution in [0.25, 0.3) is 0 Å². The molecule has 0 saturated carbocycles. The highest BCUT2D eigenvalue weighted by Crippen LogP contribution is 2.28. The van der Waals surface area contributed by atoms with Gasteiger partial charge in [0.2, 0.25) is 0 Å². The number of nitrogens with zero attached hydrogens (tertiary/aromatic N) is 1. The van der Waals surface area contributed by atoms with Crippen molar-refractivity contribution >= 4 is 11.7 Å². The molecule has 1 aromatic carbocycles. The lowest BCUT2D eigenvalue weighted by Crippen LogP contribution is -2.38. The lowest BCUT2D eigenvalue weighted by atomic mass is 10.0. The van der Waals surface area contributed by atoms with E-state index in [0.717, 1.165) is 25.5 Å². The van der Waals surface area contributed by atoms with Crippen LogP contribution >= 0.6 is 0 Å². The van der Waals surface area contributed by atoms with Crippen molar-refractivity contribution in [3.05, 3.63) is 29.6 Å². The lowest BCUT2D eigenvalue weighted by molar-refractivity contribution is 0.0697. The molecule has 1 aromatic rings. The Labute approximate surface area is 99.9 Å². The lowest BCUT2D eigenvalue weighted by Gasteiger charge is -2.36. The largest absolute Gasteiger partial charge is 0.478 e. The number of rotatable bonds is 2. The second kappa shape index (κ2) is 4.73. The number of piperidine rings is 1. The first-order valence-corrected chi connectivity index (χ1v) is 5.89. The third kappa shape index (κ3) is 2.40. The van der Waals surface area contributed by atoms with Crippen LogP contribution in [-0.2, 0) is 0 Å². The Kier molecular flexibility index (Phi) is 3.31. The number of aromatic carboxylic acids is 1. The summed E-state index contributed by atoms with van der Waals surface area (Å²) in [6.07, 6.45) is 3.28. The minimum atomic E-state index is -1.07. The Bertz CT molecular complexity index is 433. The van der Waals surface area contributed by atoms with Gasteiger partial charge < -0.3 is 10.0 Å². The van der Waals surface area contributed by atoms with Crippen molar-refractivity contribution < 1.29 is 14.3 Å². The molecule has 0 aliphatic carbocycles. The minimum Gasteiger partial charge on any atom is -0.478 e. The van der Waals surface area contributed by atoms with E-state index in [9.17, 15) is 9.18 Å². The number of hydrogen-bond donors (Lipinski definition) is 1. The molecule has 3 nitrogen and oxygen atoms in total. The molecule has 1 fully saturated rings. The molecule has 0 amide bonds. The number of carboxylic acid groups (broad SMARTS) is 1. The van der Waals surface area contributed by atoms with Crippen LogP contribution in [0, 0.1) is 5.82 Å². The molecule has 1 heterocycles. The van der Waals surface area contributed by atoms with Gasteiger partial charge in [-0.3, -0.25) is 0 Å². The van der Waals surface area contributed by atoms with Gasteiger partial charge in [0.05, 0.1) is 11.3 Å². The predicted octanol–water partition coefficient (Wildman–Crippen LogP) is 2.90. The van der Waals surface area contributed by atoms with E-state index in [1.54, 1.807) is 6.07 Å². The van der Waals surface area contributed by atoms with Crippen LogP contribution < -0.4 is 4.90 Å². The van der Waals surface area contributed by atoms with Gasteiger partial charge in [-0.1, -0.05) is 0 Å². The van der Waals surface area contributed by atoms with Crippen LogP contribution in [0.5, 0.6) is 0 Å². The van der Waals surface area contributed by atoms with E-state index >= 15 is 0 Å². The summed E-state index contributed by atoms with van der Waals surface area (Å²) in [4.78, 5) is 13.2. The monoisotopic (exact) mass is 237 g/mol. The van der Waals surface area contributed by atoms with Crippen molar-refractivity contribution in [1.29, 1.82) is 0 Å². The van der Waals surface area contributed by atoms with E-state index in [1.165, 1.54) is 12.5 Å². The molecular formula is C13H16FNO2. The fourth-order valence-corrected chi connectivity index (χ4v) is 2.39. The van der Waals surface area contributed by atoms with Crippen LogP contribution in [0.3, 0.4) is 0 Å². The average molecular weight is 237 g/mol. The molecule has 1 saturated heterocycles. The Morgan fingerprint density at radius 2 is 2.24 bits per heavy atom. The second-order valence-electron chi connectivity index (χ2n) is 4.50. The molecular weight excluding hydrogens is 221 g/mol. The quantitative estimate of drug-likeness (QED) is 0.859. The summed E-state index contributed by atoms with van der Waals surface area (Å²) >= 11 is 0. The van der Waals surface area contributed by atoms with Crippen LogP contribution in [0.2, 0.25) is 0 Å². The first kappa shape index (κ1) is 11.9. The molecule has 1 unspecified atom stereocenters. The third-order valence-electron chi connectivity index (χ3n) is 3.30. The smallest absolute Gasteiger partial charge is 0.337 e. The highest BCUT2D eigenvalue weighted by atomic mass is 19.1. The Morgan fingerprint density at radius 1 is 1.47 bits per heavy atom. The van der Waals surface area contributed by atoms with Crippen molar-refractivity contribution in [3.8, 4) is 0 Å². The zero-order valence-corrected chi connectivity index (χ0v) is 9.82. The summed E-state index contributed by atoms with van der Waals surface area (Å²) < 4.78 is 13.1. The second-order valence-corrected chi connectivity index (χ2v) is 4.50. The van der Waals surface area contributed by atoms with Gasteiger partial charge in [-0.05, 0) is 44.4 Å². The average Bonchev–Trinajstić information content (AvgIpc) is 2.30. The van der Waals surface area contributed by atoms with Gasteiger partial charge in [-0.2, -0.15) is 0 Å². The van der Waals surface area contributed by atoms with E-state index in [4.69, 9.17) is 5.11 Å². The zero-order chi connectivity index (χ0) is 12.4. The minimum absolute atomic E-state index is 0.0544. The normalized spacial score (nSPS) is 20.4. The number of hydrogen-bond acceptors (Lipinski definition) is 2. The van der Waals surface area contributed by atoms with Crippen molar-refractivity contribution in [2.45, 2.75) is 32.2 Å². The molecule has 1 aliphatic heterocycles.